The summed E-state index contributed by atoms with van der Waals surface area (Å²) in [6.45, 7) is 2.33. The van der Waals surface area contributed by atoms with E-state index in [1.165, 1.54) is 0 Å². The first-order chi connectivity index (χ1) is 14.4. The topological polar surface area (TPSA) is 128 Å². The number of alkyl halides is 3. The summed E-state index contributed by atoms with van der Waals surface area (Å²) in [7, 11) is 0. The first-order valence-corrected chi connectivity index (χ1v) is 9.62. The molecule has 0 aliphatic carbocycles. The molecule has 1 aromatic rings. The van der Waals surface area contributed by atoms with Crippen LogP contribution in [-0.4, -0.2) is 65.3 Å². The van der Waals surface area contributed by atoms with Gasteiger partial charge in [0.2, 0.25) is 5.91 Å². The Morgan fingerprint density at radius 1 is 1.10 bits per heavy atom. The van der Waals surface area contributed by atoms with Crippen molar-refractivity contribution < 1.29 is 42.5 Å². The fraction of sp³-hybridized carbons (Fsp3) is 0.550. The monoisotopic (exact) mass is 446 g/mol. The number of amides is 2. The van der Waals surface area contributed by atoms with Crippen LogP contribution in [0.15, 0.2) is 24.3 Å². The fourth-order valence-electron chi connectivity index (χ4n) is 2.94. The number of halogens is 3. The van der Waals surface area contributed by atoms with Gasteiger partial charge in [-0.15, -0.1) is 0 Å². The van der Waals surface area contributed by atoms with Gasteiger partial charge in [-0.25, -0.2) is 0 Å². The van der Waals surface area contributed by atoms with Gasteiger partial charge in [-0.3, -0.25) is 14.4 Å². The Hall–Kier alpha value is -2.50. The highest BCUT2D eigenvalue weighted by molar-refractivity contribution is 6.00. The molecular formula is C20H25F3N2O6. The number of benzene rings is 1. The molecule has 2 amide bonds. The van der Waals surface area contributed by atoms with Gasteiger partial charge >= 0.3 is 6.18 Å². The van der Waals surface area contributed by atoms with Crippen LogP contribution >= 0.6 is 0 Å². The van der Waals surface area contributed by atoms with Crippen molar-refractivity contribution in [2.24, 2.45) is 5.92 Å². The van der Waals surface area contributed by atoms with Gasteiger partial charge in [-0.1, -0.05) is 13.8 Å². The van der Waals surface area contributed by atoms with Crippen LogP contribution in [0.2, 0.25) is 0 Å². The lowest BCUT2D eigenvalue weighted by Gasteiger charge is -2.24. The highest BCUT2D eigenvalue weighted by atomic mass is 19.4. The molecule has 1 aromatic carbocycles. The van der Waals surface area contributed by atoms with Crippen molar-refractivity contribution in [1.29, 1.82) is 0 Å². The molecule has 1 aliphatic heterocycles. The number of carbonyl (C=O) groups excluding carboxylic acids is 3. The molecule has 3 atom stereocenters. The van der Waals surface area contributed by atoms with Gasteiger partial charge < -0.3 is 25.6 Å². The Balaban J connectivity index is 2.07. The average molecular weight is 446 g/mol. The second kappa shape index (κ2) is 9.75. The Labute approximate surface area is 176 Å². The van der Waals surface area contributed by atoms with E-state index in [4.69, 9.17) is 4.74 Å². The number of epoxide rings is 1. The number of Topliss-reactive ketones (excluding diaryl/α,β-unsaturated/α-hetero) is 1. The van der Waals surface area contributed by atoms with Gasteiger partial charge in [0, 0.05) is 5.56 Å². The van der Waals surface area contributed by atoms with E-state index in [0.717, 1.165) is 24.3 Å². The highest BCUT2D eigenvalue weighted by Gasteiger charge is 2.54. The summed E-state index contributed by atoms with van der Waals surface area (Å²) in [6.07, 6.45) is -4.32. The zero-order valence-electron chi connectivity index (χ0n) is 17.0. The third kappa shape index (κ3) is 6.25. The smallest absolute Gasteiger partial charge is 0.394 e. The minimum Gasteiger partial charge on any atom is -0.394 e. The number of ketones is 1. The number of carbonyl (C=O) groups is 3. The second-order valence-electron chi connectivity index (χ2n) is 7.78. The van der Waals surface area contributed by atoms with E-state index in [0.29, 0.717) is 0 Å². The number of hydrogen-bond donors (Lipinski definition) is 4. The van der Waals surface area contributed by atoms with Crippen molar-refractivity contribution >= 4 is 17.6 Å². The third-order valence-corrected chi connectivity index (χ3v) is 4.82. The molecule has 0 bridgehead atoms. The SMILES string of the molecule is CC(C)CC(NC(=O)[C@H](CO)NC(=O)c1ccc(C(F)(F)F)cc1)C(=O)[C@@]1(CO)CO1. The van der Waals surface area contributed by atoms with Crippen LogP contribution in [0, 0.1) is 5.92 Å². The van der Waals surface area contributed by atoms with Crippen molar-refractivity contribution in [3.05, 3.63) is 35.4 Å². The maximum absolute atomic E-state index is 12.7. The molecule has 1 unspecified atom stereocenters. The highest BCUT2D eigenvalue weighted by Crippen LogP contribution is 2.30. The zero-order chi connectivity index (χ0) is 23.4. The van der Waals surface area contributed by atoms with E-state index in [-0.39, 0.29) is 24.5 Å². The average Bonchev–Trinajstić information content (AvgIpc) is 3.51. The molecule has 4 N–H and O–H groups in total. The molecule has 1 fully saturated rings. The van der Waals surface area contributed by atoms with Crippen LogP contribution in [0.25, 0.3) is 0 Å². The summed E-state index contributed by atoms with van der Waals surface area (Å²) in [4.78, 5) is 37.5. The lowest BCUT2D eigenvalue weighted by atomic mass is 9.92. The van der Waals surface area contributed by atoms with E-state index in [1.807, 2.05) is 13.8 Å². The summed E-state index contributed by atoms with van der Waals surface area (Å²) in [5, 5.41) is 23.6. The summed E-state index contributed by atoms with van der Waals surface area (Å²) < 4.78 is 43.0. The lowest BCUT2D eigenvalue weighted by molar-refractivity contribution is -0.137. The van der Waals surface area contributed by atoms with Gasteiger partial charge in [0.1, 0.15) is 6.04 Å². The zero-order valence-corrected chi connectivity index (χ0v) is 17.0. The number of aliphatic hydroxyl groups is 2. The number of rotatable bonds is 10. The Morgan fingerprint density at radius 2 is 1.68 bits per heavy atom. The van der Waals surface area contributed by atoms with Gasteiger partial charge in [0.15, 0.2) is 11.4 Å². The molecule has 1 heterocycles. The van der Waals surface area contributed by atoms with E-state index < -0.39 is 60.2 Å². The molecule has 31 heavy (non-hydrogen) atoms. The molecule has 172 valence electrons. The summed E-state index contributed by atoms with van der Waals surface area (Å²) >= 11 is 0. The first kappa shape index (κ1) is 24.8. The van der Waals surface area contributed by atoms with Crippen LogP contribution in [0.4, 0.5) is 13.2 Å². The second-order valence-corrected chi connectivity index (χ2v) is 7.78. The van der Waals surface area contributed by atoms with Gasteiger partial charge in [-0.05, 0) is 36.6 Å². The molecule has 0 aromatic heterocycles. The molecule has 0 spiro atoms. The summed E-state index contributed by atoms with van der Waals surface area (Å²) in [5.74, 6) is -2.23. The van der Waals surface area contributed by atoms with Crippen molar-refractivity contribution in [1.82, 2.24) is 10.6 Å². The minimum absolute atomic E-state index is 0.00180. The van der Waals surface area contributed by atoms with E-state index in [2.05, 4.69) is 10.6 Å². The maximum Gasteiger partial charge on any atom is 0.416 e. The molecule has 1 aliphatic rings. The molecule has 8 nitrogen and oxygen atoms in total. The van der Waals surface area contributed by atoms with Gasteiger partial charge in [0.25, 0.3) is 5.91 Å². The largest absolute Gasteiger partial charge is 0.416 e. The first-order valence-electron chi connectivity index (χ1n) is 9.62. The van der Waals surface area contributed by atoms with E-state index in [1.54, 1.807) is 0 Å². The van der Waals surface area contributed by atoms with Crippen LogP contribution in [0.5, 0.6) is 0 Å². The summed E-state index contributed by atoms with van der Waals surface area (Å²) in [6, 6.07) is 0.895. The van der Waals surface area contributed by atoms with E-state index in [9.17, 15) is 37.8 Å². The van der Waals surface area contributed by atoms with Crippen LogP contribution in [-0.2, 0) is 20.5 Å². The van der Waals surface area contributed by atoms with Crippen LogP contribution < -0.4 is 10.6 Å². The lowest BCUT2D eigenvalue weighted by Crippen LogP contribution is -2.55. The quantitative estimate of drug-likeness (QED) is 0.391. The minimum atomic E-state index is -4.56. The predicted molar refractivity (Wildman–Crippen MR) is 102 cm³/mol. The molecular weight excluding hydrogens is 421 g/mol. The van der Waals surface area contributed by atoms with Crippen LogP contribution in [0.1, 0.15) is 36.2 Å². The van der Waals surface area contributed by atoms with Gasteiger partial charge in [-0.2, -0.15) is 13.2 Å². The Bertz CT molecular complexity index is 806. The van der Waals surface area contributed by atoms with Crippen molar-refractivity contribution in [3.63, 3.8) is 0 Å². The van der Waals surface area contributed by atoms with Crippen LogP contribution in [0.3, 0.4) is 0 Å². The third-order valence-electron chi connectivity index (χ3n) is 4.82. The number of nitrogens with one attached hydrogen (secondary N) is 2. The standard InChI is InChI=1S/C20H25F3N2O6/c1-11(2)7-14(16(28)19(9-27)10-31-19)24-18(30)15(8-26)25-17(29)12-3-5-13(6-4-12)20(21,22)23/h3-6,11,14-15,26-27H,7-10H2,1-2H3,(H,24,30)(H,25,29)/t14?,15-,19+/m0/s1. The van der Waals surface area contributed by atoms with Crippen molar-refractivity contribution in [2.75, 3.05) is 19.8 Å². The molecule has 0 radical (unpaired) electrons. The molecule has 2 rings (SSSR count). The summed E-state index contributed by atoms with van der Waals surface area (Å²) in [5.41, 5.74) is -2.43. The molecule has 0 saturated carbocycles. The van der Waals surface area contributed by atoms with Crippen molar-refractivity contribution in [3.8, 4) is 0 Å². The number of aliphatic hydroxyl groups excluding tert-OH is 2. The Morgan fingerprint density at radius 3 is 2.10 bits per heavy atom. The molecule has 11 heteroatoms. The van der Waals surface area contributed by atoms with Crippen molar-refractivity contribution in [2.45, 2.75) is 44.1 Å². The van der Waals surface area contributed by atoms with E-state index >= 15 is 0 Å². The van der Waals surface area contributed by atoms with Gasteiger partial charge in [0.05, 0.1) is 31.4 Å². The number of ether oxygens (including phenoxy) is 1. The molecule has 1 saturated heterocycles. The Kier molecular flexibility index (Phi) is 7.79. The normalized spacial score (nSPS) is 20.1. The fourth-order valence-corrected chi connectivity index (χ4v) is 2.94. The maximum atomic E-state index is 12.7. The predicted octanol–water partition coefficient (Wildman–Crippen LogP) is 0.657. The number of hydrogen-bond acceptors (Lipinski definition) is 6.